The van der Waals surface area contributed by atoms with Crippen LogP contribution in [-0.4, -0.2) is 7.05 Å². The first kappa shape index (κ1) is 11.7. The Morgan fingerprint density at radius 1 is 1.38 bits per heavy atom. The number of hydrogen-bond acceptors (Lipinski definition) is 2. The number of fused-ring (bicyclic) bond motifs is 1. The minimum Gasteiger partial charge on any atom is -0.459 e. The zero-order valence-electron chi connectivity index (χ0n) is 9.86. The molecule has 16 heavy (non-hydrogen) atoms. The van der Waals surface area contributed by atoms with Gasteiger partial charge in [0.15, 0.2) is 0 Å². The Kier molecular flexibility index (Phi) is 3.36. The summed E-state index contributed by atoms with van der Waals surface area (Å²) in [5, 5.41) is 4.38. The van der Waals surface area contributed by atoms with E-state index in [1.807, 2.05) is 7.05 Å². The fourth-order valence-electron chi connectivity index (χ4n) is 2.12. The van der Waals surface area contributed by atoms with Crippen LogP contribution >= 0.6 is 15.9 Å². The molecule has 86 valence electrons. The van der Waals surface area contributed by atoms with Gasteiger partial charge < -0.3 is 9.73 Å². The largest absolute Gasteiger partial charge is 0.459 e. The lowest BCUT2D eigenvalue weighted by molar-refractivity contribution is 0.523. The van der Waals surface area contributed by atoms with E-state index < -0.39 is 0 Å². The van der Waals surface area contributed by atoms with Crippen LogP contribution in [0.3, 0.4) is 0 Å². The molecule has 3 heteroatoms. The minimum absolute atomic E-state index is 0.787. The average Bonchev–Trinajstić information content (AvgIpc) is 2.56. The summed E-state index contributed by atoms with van der Waals surface area (Å²) in [6.45, 7) is 5.04. The number of halogens is 1. The van der Waals surface area contributed by atoms with Crippen molar-refractivity contribution in [2.75, 3.05) is 7.05 Å². The molecule has 0 aliphatic carbocycles. The van der Waals surface area contributed by atoms with Crippen molar-refractivity contribution in [1.29, 1.82) is 0 Å². The number of benzene rings is 1. The van der Waals surface area contributed by atoms with Crippen LogP contribution < -0.4 is 5.32 Å². The normalized spacial score (nSPS) is 11.2. The van der Waals surface area contributed by atoms with Crippen molar-refractivity contribution in [3.8, 4) is 0 Å². The van der Waals surface area contributed by atoms with Crippen LogP contribution in [0.1, 0.15) is 23.8 Å². The molecule has 1 heterocycles. The second-order valence-corrected chi connectivity index (χ2v) is 4.90. The third-order valence-corrected chi connectivity index (χ3v) is 3.28. The quantitative estimate of drug-likeness (QED) is 0.926. The van der Waals surface area contributed by atoms with Crippen molar-refractivity contribution < 1.29 is 4.42 Å². The van der Waals surface area contributed by atoms with Crippen molar-refractivity contribution in [2.24, 2.45) is 0 Å². The van der Waals surface area contributed by atoms with Crippen LogP contribution in [0, 0.1) is 6.92 Å². The molecular formula is C13H16BrNO. The molecular weight excluding hydrogens is 266 g/mol. The van der Waals surface area contributed by atoms with Crippen LogP contribution in [0.25, 0.3) is 11.0 Å². The predicted octanol–water partition coefficient (Wildman–Crippen LogP) is 3.79. The van der Waals surface area contributed by atoms with Gasteiger partial charge in [-0.05, 0) is 38.1 Å². The summed E-state index contributed by atoms with van der Waals surface area (Å²) < 4.78 is 7.05. The Morgan fingerprint density at radius 2 is 2.12 bits per heavy atom. The molecule has 1 aromatic heterocycles. The van der Waals surface area contributed by atoms with Crippen molar-refractivity contribution in [3.63, 3.8) is 0 Å². The molecule has 0 atom stereocenters. The maximum absolute atomic E-state index is 5.93. The van der Waals surface area contributed by atoms with Gasteiger partial charge in [-0.25, -0.2) is 0 Å². The van der Waals surface area contributed by atoms with E-state index >= 15 is 0 Å². The Hall–Kier alpha value is -0.800. The first-order valence-electron chi connectivity index (χ1n) is 5.52. The van der Waals surface area contributed by atoms with Crippen LogP contribution in [0.2, 0.25) is 0 Å². The third-order valence-electron chi connectivity index (χ3n) is 2.82. The Balaban J connectivity index is 2.71. The molecule has 0 amide bonds. The predicted molar refractivity (Wildman–Crippen MR) is 70.8 cm³/mol. The summed E-state index contributed by atoms with van der Waals surface area (Å²) in [6, 6.07) is 4.23. The van der Waals surface area contributed by atoms with Gasteiger partial charge in [0.2, 0.25) is 0 Å². The zero-order chi connectivity index (χ0) is 11.7. The first-order valence-corrected chi connectivity index (χ1v) is 6.31. The maximum Gasteiger partial charge on any atom is 0.137 e. The van der Waals surface area contributed by atoms with Gasteiger partial charge in [-0.15, -0.1) is 0 Å². The van der Waals surface area contributed by atoms with Gasteiger partial charge in [-0.3, -0.25) is 0 Å². The lowest BCUT2D eigenvalue weighted by atomic mass is 10.1. The second-order valence-electron chi connectivity index (χ2n) is 3.99. The molecule has 0 spiro atoms. The lowest BCUT2D eigenvalue weighted by Gasteiger charge is -1.98. The Bertz CT molecular complexity index is 516. The molecule has 0 saturated carbocycles. The number of aryl methyl sites for hydroxylation is 2. The number of hydrogen-bond donors (Lipinski definition) is 1. The van der Waals surface area contributed by atoms with Crippen molar-refractivity contribution in [1.82, 2.24) is 5.32 Å². The summed E-state index contributed by atoms with van der Waals surface area (Å²) in [7, 11) is 1.94. The Morgan fingerprint density at radius 3 is 2.75 bits per heavy atom. The summed E-state index contributed by atoms with van der Waals surface area (Å²) in [5.74, 6) is 1.06. The van der Waals surface area contributed by atoms with Gasteiger partial charge in [0.1, 0.15) is 11.3 Å². The molecule has 0 aliphatic rings. The highest BCUT2D eigenvalue weighted by atomic mass is 79.9. The highest BCUT2D eigenvalue weighted by Gasteiger charge is 2.14. The number of rotatable bonds is 3. The molecule has 0 unspecified atom stereocenters. The zero-order valence-corrected chi connectivity index (χ0v) is 11.4. The van der Waals surface area contributed by atoms with E-state index in [0.29, 0.717) is 0 Å². The fourth-order valence-corrected chi connectivity index (χ4v) is 2.69. The maximum atomic E-state index is 5.93. The SMILES string of the molecule is CCc1c(CNC)oc2c(C)cc(Br)cc12. The number of furan rings is 1. The van der Waals surface area contributed by atoms with Crippen LogP contribution in [-0.2, 0) is 13.0 Å². The van der Waals surface area contributed by atoms with E-state index in [-0.39, 0.29) is 0 Å². The van der Waals surface area contributed by atoms with E-state index in [1.54, 1.807) is 0 Å². The van der Waals surface area contributed by atoms with Gasteiger partial charge in [-0.2, -0.15) is 0 Å². The smallest absolute Gasteiger partial charge is 0.137 e. The Labute approximate surface area is 104 Å². The van der Waals surface area contributed by atoms with Crippen molar-refractivity contribution >= 4 is 26.9 Å². The van der Waals surface area contributed by atoms with Crippen molar-refractivity contribution in [3.05, 3.63) is 33.5 Å². The molecule has 2 aromatic rings. The lowest BCUT2D eigenvalue weighted by Crippen LogP contribution is -2.05. The average molecular weight is 282 g/mol. The number of nitrogens with one attached hydrogen (secondary N) is 1. The van der Waals surface area contributed by atoms with E-state index in [0.717, 1.165) is 28.8 Å². The molecule has 1 aromatic carbocycles. The fraction of sp³-hybridized carbons (Fsp3) is 0.385. The monoisotopic (exact) mass is 281 g/mol. The van der Waals surface area contributed by atoms with Crippen molar-refractivity contribution in [2.45, 2.75) is 26.8 Å². The van der Waals surface area contributed by atoms with Gasteiger partial charge in [0, 0.05) is 15.4 Å². The topological polar surface area (TPSA) is 25.2 Å². The first-order chi connectivity index (χ1) is 7.67. The summed E-state index contributed by atoms with van der Waals surface area (Å²) >= 11 is 3.54. The van der Waals surface area contributed by atoms with Gasteiger partial charge >= 0.3 is 0 Å². The summed E-state index contributed by atoms with van der Waals surface area (Å²) in [5.41, 5.74) is 3.51. The third kappa shape index (κ3) is 1.89. The standard InChI is InChI=1S/C13H16BrNO/c1-4-10-11-6-9(14)5-8(2)13(11)16-12(10)7-15-3/h5-6,15H,4,7H2,1-3H3. The summed E-state index contributed by atoms with van der Waals surface area (Å²) in [4.78, 5) is 0. The van der Waals surface area contributed by atoms with E-state index in [4.69, 9.17) is 4.42 Å². The molecule has 0 radical (unpaired) electrons. The highest BCUT2D eigenvalue weighted by molar-refractivity contribution is 9.10. The molecule has 2 nitrogen and oxygen atoms in total. The van der Waals surface area contributed by atoms with E-state index in [1.165, 1.54) is 16.5 Å². The molecule has 0 aliphatic heterocycles. The molecule has 2 rings (SSSR count). The van der Waals surface area contributed by atoms with E-state index in [9.17, 15) is 0 Å². The molecule has 0 bridgehead atoms. The molecule has 1 N–H and O–H groups in total. The minimum atomic E-state index is 0.787. The van der Waals surface area contributed by atoms with Crippen LogP contribution in [0.4, 0.5) is 0 Å². The second kappa shape index (κ2) is 4.60. The van der Waals surface area contributed by atoms with Crippen LogP contribution in [0.15, 0.2) is 21.0 Å². The van der Waals surface area contributed by atoms with Gasteiger partial charge in [0.05, 0.1) is 6.54 Å². The highest BCUT2D eigenvalue weighted by Crippen LogP contribution is 2.31. The van der Waals surface area contributed by atoms with Gasteiger partial charge in [-0.1, -0.05) is 22.9 Å². The van der Waals surface area contributed by atoms with Crippen LogP contribution in [0.5, 0.6) is 0 Å². The summed E-state index contributed by atoms with van der Waals surface area (Å²) in [6.07, 6.45) is 1.000. The molecule has 0 fully saturated rings. The van der Waals surface area contributed by atoms with E-state index in [2.05, 4.69) is 47.2 Å². The van der Waals surface area contributed by atoms with Gasteiger partial charge in [0.25, 0.3) is 0 Å². The molecule has 0 saturated heterocycles.